The Labute approximate surface area is 124 Å². The van der Waals surface area contributed by atoms with Gasteiger partial charge < -0.3 is 5.11 Å². The molecular weight excluding hydrogens is 294 g/mol. The van der Waals surface area contributed by atoms with E-state index < -0.39 is 21.7 Å². The van der Waals surface area contributed by atoms with E-state index in [0.717, 1.165) is 19.3 Å². The lowest BCUT2D eigenvalue weighted by atomic mass is 9.82. The highest BCUT2D eigenvalue weighted by molar-refractivity contribution is 7.89. The number of aromatic carboxylic acids is 1. The van der Waals surface area contributed by atoms with Crippen LogP contribution in [0.1, 0.15) is 49.3 Å². The molecule has 1 fully saturated rings. The van der Waals surface area contributed by atoms with Crippen LogP contribution < -0.4 is 0 Å². The molecule has 1 aromatic rings. The van der Waals surface area contributed by atoms with Crippen LogP contribution in [-0.4, -0.2) is 47.1 Å². The largest absolute Gasteiger partial charge is 0.476 e. The number of aromatic nitrogens is 2. The SMILES string of the molecule is CCC1(CC)CCN(S(=O)(=O)c2c(C(=O)O)n[nH]c2C)C1. The van der Waals surface area contributed by atoms with Crippen molar-refractivity contribution in [3.05, 3.63) is 11.4 Å². The third-order valence-corrected chi connectivity index (χ3v) is 6.60. The van der Waals surface area contributed by atoms with Crippen LogP contribution in [0.4, 0.5) is 0 Å². The highest BCUT2D eigenvalue weighted by Gasteiger charge is 2.43. The van der Waals surface area contributed by atoms with Gasteiger partial charge in [0.05, 0.1) is 5.69 Å². The lowest BCUT2D eigenvalue weighted by Gasteiger charge is -2.26. The summed E-state index contributed by atoms with van der Waals surface area (Å²) in [5, 5.41) is 15.2. The summed E-state index contributed by atoms with van der Waals surface area (Å²) >= 11 is 0. The fourth-order valence-corrected chi connectivity index (χ4v) is 4.78. The normalized spacial score (nSPS) is 19.0. The van der Waals surface area contributed by atoms with Crippen molar-refractivity contribution in [2.75, 3.05) is 13.1 Å². The molecule has 0 aliphatic carbocycles. The highest BCUT2D eigenvalue weighted by Crippen LogP contribution is 2.39. The first kappa shape index (κ1) is 16.0. The van der Waals surface area contributed by atoms with Crippen molar-refractivity contribution in [2.45, 2.75) is 44.9 Å². The van der Waals surface area contributed by atoms with Gasteiger partial charge in [0.2, 0.25) is 10.0 Å². The number of aromatic amines is 1. The molecule has 0 saturated carbocycles. The second-order valence-corrected chi connectivity index (χ2v) is 7.50. The van der Waals surface area contributed by atoms with Gasteiger partial charge in [-0.2, -0.15) is 9.40 Å². The molecule has 118 valence electrons. The van der Waals surface area contributed by atoms with Gasteiger partial charge in [-0.15, -0.1) is 0 Å². The molecule has 2 N–H and O–H groups in total. The predicted molar refractivity (Wildman–Crippen MR) is 76.7 cm³/mol. The molecule has 0 amide bonds. The van der Waals surface area contributed by atoms with E-state index in [1.165, 1.54) is 11.2 Å². The van der Waals surface area contributed by atoms with Gasteiger partial charge in [0, 0.05) is 13.1 Å². The standard InChI is InChI=1S/C13H21N3O4S/c1-4-13(5-2)6-7-16(8-13)21(19,20)11-9(3)14-15-10(11)12(17)18/h4-8H2,1-3H3,(H,14,15)(H,17,18). The van der Waals surface area contributed by atoms with Gasteiger partial charge in [-0.1, -0.05) is 13.8 Å². The van der Waals surface area contributed by atoms with Crippen molar-refractivity contribution >= 4 is 16.0 Å². The zero-order chi connectivity index (χ0) is 15.8. The van der Waals surface area contributed by atoms with Gasteiger partial charge in [-0.05, 0) is 31.6 Å². The average molecular weight is 315 g/mol. The van der Waals surface area contributed by atoms with Crippen LogP contribution in [0, 0.1) is 12.3 Å². The maximum atomic E-state index is 12.8. The fraction of sp³-hybridized carbons (Fsp3) is 0.692. The Hall–Kier alpha value is -1.41. The first-order chi connectivity index (χ1) is 9.77. The predicted octanol–water partition coefficient (Wildman–Crippen LogP) is 1.62. The zero-order valence-electron chi connectivity index (χ0n) is 12.5. The third kappa shape index (κ3) is 2.57. The highest BCUT2D eigenvalue weighted by atomic mass is 32.2. The minimum Gasteiger partial charge on any atom is -0.476 e. The Kier molecular flexibility index (Phi) is 4.12. The van der Waals surface area contributed by atoms with E-state index in [-0.39, 0.29) is 16.0 Å². The number of nitrogens with zero attached hydrogens (tertiary/aromatic N) is 2. The van der Waals surface area contributed by atoms with Gasteiger partial charge in [0.25, 0.3) is 0 Å². The van der Waals surface area contributed by atoms with Crippen LogP contribution in [0.15, 0.2) is 4.90 Å². The van der Waals surface area contributed by atoms with Crippen molar-refractivity contribution in [1.29, 1.82) is 0 Å². The summed E-state index contributed by atoms with van der Waals surface area (Å²) in [5.41, 5.74) is -0.176. The van der Waals surface area contributed by atoms with Crippen LogP contribution >= 0.6 is 0 Å². The van der Waals surface area contributed by atoms with E-state index in [1.54, 1.807) is 0 Å². The van der Waals surface area contributed by atoms with Crippen LogP contribution in [0.2, 0.25) is 0 Å². The second kappa shape index (κ2) is 5.42. The monoisotopic (exact) mass is 315 g/mol. The molecule has 8 heteroatoms. The third-order valence-electron chi connectivity index (χ3n) is 4.59. The molecule has 0 unspecified atom stereocenters. The first-order valence-electron chi connectivity index (χ1n) is 7.06. The van der Waals surface area contributed by atoms with Crippen LogP contribution in [0.3, 0.4) is 0 Å². The molecule has 1 saturated heterocycles. The number of carboxylic acid groups (broad SMARTS) is 1. The van der Waals surface area contributed by atoms with E-state index in [9.17, 15) is 13.2 Å². The molecular formula is C13H21N3O4S. The van der Waals surface area contributed by atoms with Crippen molar-refractivity contribution in [2.24, 2.45) is 5.41 Å². The molecule has 0 radical (unpaired) electrons. The number of carboxylic acids is 1. The number of hydrogen-bond donors (Lipinski definition) is 2. The van der Waals surface area contributed by atoms with Gasteiger partial charge in [0.1, 0.15) is 4.90 Å². The number of sulfonamides is 1. The number of nitrogens with one attached hydrogen (secondary N) is 1. The van der Waals surface area contributed by atoms with Crippen molar-refractivity contribution in [1.82, 2.24) is 14.5 Å². The summed E-state index contributed by atoms with van der Waals surface area (Å²) in [4.78, 5) is 11.0. The Morgan fingerprint density at radius 2 is 2.05 bits per heavy atom. The van der Waals surface area contributed by atoms with E-state index >= 15 is 0 Å². The zero-order valence-corrected chi connectivity index (χ0v) is 13.3. The Balaban J connectivity index is 2.41. The summed E-state index contributed by atoms with van der Waals surface area (Å²) in [6, 6.07) is 0. The quantitative estimate of drug-likeness (QED) is 0.859. The second-order valence-electron chi connectivity index (χ2n) is 5.63. The molecule has 0 spiro atoms. The number of aryl methyl sites for hydroxylation is 1. The maximum Gasteiger partial charge on any atom is 0.357 e. The van der Waals surface area contributed by atoms with Crippen molar-refractivity contribution < 1.29 is 18.3 Å². The molecule has 2 heterocycles. The maximum absolute atomic E-state index is 12.8. The summed E-state index contributed by atoms with van der Waals surface area (Å²) in [7, 11) is -3.83. The van der Waals surface area contributed by atoms with Crippen LogP contribution in [-0.2, 0) is 10.0 Å². The summed E-state index contributed by atoms with van der Waals surface area (Å²) in [6.45, 7) is 6.51. The number of H-pyrrole nitrogens is 1. The minimum atomic E-state index is -3.83. The summed E-state index contributed by atoms with van der Waals surface area (Å²) < 4.78 is 26.9. The number of hydrogen-bond acceptors (Lipinski definition) is 4. The molecule has 0 atom stereocenters. The Morgan fingerprint density at radius 3 is 2.52 bits per heavy atom. The van der Waals surface area contributed by atoms with Gasteiger partial charge in [-0.25, -0.2) is 13.2 Å². The lowest BCUT2D eigenvalue weighted by molar-refractivity contribution is 0.0686. The topological polar surface area (TPSA) is 103 Å². The molecule has 7 nitrogen and oxygen atoms in total. The van der Waals surface area contributed by atoms with E-state index in [1.807, 2.05) is 0 Å². The number of rotatable bonds is 5. The molecule has 1 aromatic heterocycles. The molecule has 1 aliphatic heterocycles. The number of carbonyl (C=O) groups is 1. The average Bonchev–Trinajstić information content (AvgIpc) is 3.03. The first-order valence-corrected chi connectivity index (χ1v) is 8.50. The Bertz CT molecular complexity index is 646. The van der Waals surface area contributed by atoms with Crippen LogP contribution in [0.25, 0.3) is 0 Å². The minimum absolute atomic E-state index is 0.00586. The summed E-state index contributed by atoms with van der Waals surface area (Å²) in [6.07, 6.45) is 2.62. The van der Waals surface area contributed by atoms with Crippen LogP contribution in [0.5, 0.6) is 0 Å². The fourth-order valence-electron chi connectivity index (χ4n) is 2.93. The molecule has 1 aliphatic rings. The molecule has 2 rings (SSSR count). The molecule has 0 bridgehead atoms. The smallest absolute Gasteiger partial charge is 0.357 e. The van der Waals surface area contributed by atoms with E-state index in [4.69, 9.17) is 5.11 Å². The van der Waals surface area contributed by atoms with E-state index in [0.29, 0.717) is 13.1 Å². The van der Waals surface area contributed by atoms with Gasteiger partial charge in [-0.3, -0.25) is 5.10 Å². The van der Waals surface area contributed by atoms with Gasteiger partial charge >= 0.3 is 5.97 Å². The van der Waals surface area contributed by atoms with Crippen molar-refractivity contribution in [3.63, 3.8) is 0 Å². The molecule has 0 aromatic carbocycles. The van der Waals surface area contributed by atoms with Gasteiger partial charge in [0.15, 0.2) is 5.69 Å². The van der Waals surface area contributed by atoms with Crippen molar-refractivity contribution in [3.8, 4) is 0 Å². The van der Waals surface area contributed by atoms with E-state index in [2.05, 4.69) is 24.0 Å². The molecule has 21 heavy (non-hydrogen) atoms. The summed E-state index contributed by atoms with van der Waals surface area (Å²) in [5.74, 6) is -1.34. The lowest BCUT2D eigenvalue weighted by Crippen LogP contribution is -2.33. The Morgan fingerprint density at radius 1 is 1.43 bits per heavy atom.